The van der Waals surface area contributed by atoms with Gasteiger partial charge in [0.15, 0.2) is 0 Å². The van der Waals surface area contributed by atoms with Gasteiger partial charge in [0.25, 0.3) is 0 Å². The Morgan fingerprint density at radius 2 is 2.08 bits per heavy atom. The Balaban J connectivity index is 3.47. The lowest BCUT2D eigenvalue weighted by Gasteiger charge is -2.08. The van der Waals surface area contributed by atoms with Gasteiger partial charge in [-0.1, -0.05) is 0 Å². The summed E-state index contributed by atoms with van der Waals surface area (Å²) in [5, 5.41) is 8.25. The first-order valence-electron chi connectivity index (χ1n) is 3.95. The van der Waals surface area contributed by atoms with Crippen LogP contribution >= 0.6 is 0 Å². The zero-order chi connectivity index (χ0) is 10.3. The Labute approximate surface area is 76.3 Å². The summed E-state index contributed by atoms with van der Waals surface area (Å²) in [6.45, 7) is 0.481. The highest BCUT2D eigenvalue weighted by Gasteiger charge is 2.07. The van der Waals surface area contributed by atoms with Crippen molar-refractivity contribution < 1.29 is 19.5 Å². The second kappa shape index (κ2) is 6.16. The zero-order valence-corrected chi connectivity index (χ0v) is 7.52. The number of carbonyl (C=O) groups excluding carboxylic acids is 2. The molecule has 5 heteroatoms. The van der Waals surface area contributed by atoms with Crippen LogP contribution in [0.25, 0.3) is 0 Å². The second-order valence-corrected chi connectivity index (χ2v) is 2.80. The maximum Gasteiger partial charge on any atom is 0.310 e. The van der Waals surface area contributed by atoms with Crippen molar-refractivity contribution in [2.45, 2.75) is 19.3 Å². The van der Waals surface area contributed by atoms with Gasteiger partial charge in [0, 0.05) is 20.0 Å². The molecule has 0 atom stereocenters. The highest BCUT2D eigenvalue weighted by Crippen LogP contribution is 1.96. The van der Waals surface area contributed by atoms with Crippen LogP contribution in [0.2, 0.25) is 0 Å². The number of hydrogen-bond acceptors (Lipinski definition) is 3. The third-order valence-electron chi connectivity index (χ3n) is 1.49. The van der Waals surface area contributed by atoms with Gasteiger partial charge in [0.05, 0.1) is 0 Å². The summed E-state index contributed by atoms with van der Waals surface area (Å²) in [6.07, 6.45) is 0.971. The Bertz CT molecular complexity index is 202. The van der Waals surface area contributed by atoms with Gasteiger partial charge in [0.2, 0.25) is 6.41 Å². The van der Waals surface area contributed by atoms with Crippen molar-refractivity contribution >= 4 is 18.2 Å². The number of aliphatic carboxylic acids is 1. The van der Waals surface area contributed by atoms with Crippen molar-refractivity contribution in [1.29, 1.82) is 0 Å². The van der Waals surface area contributed by atoms with Gasteiger partial charge >= 0.3 is 5.97 Å². The second-order valence-electron chi connectivity index (χ2n) is 2.80. The molecule has 13 heavy (non-hydrogen) atoms. The summed E-state index contributed by atoms with van der Waals surface area (Å²) in [6, 6.07) is 0. The van der Waals surface area contributed by atoms with Crippen LogP contribution < -0.4 is 0 Å². The zero-order valence-electron chi connectivity index (χ0n) is 7.52. The van der Waals surface area contributed by atoms with Crippen molar-refractivity contribution in [1.82, 2.24) is 4.90 Å². The fourth-order valence-corrected chi connectivity index (χ4v) is 0.835. The molecule has 0 aromatic rings. The van der Waals surface area contributed by atoms with Crippen LogP contribution in [0.3, 0.4) is 0 Å². The Hall–Kier alpha value is -1.39. The highest BCUT2D eigenvalue weighted by molar-refractivity contribution is 5.94. The van der Waals surface area contributed by atoms with Crippen LogP contribution in [-0.2, 0) is 14.4 Å². The van der Waals surface area contributed by atoms with Crippen molar-refractivity contribution in [3.05, 3.63) is 0 Å². The van der Waals surface area contributed by atoms with Crippen molar-refractivity contribution in [2.24, 2.45) is 0 Å². The standard InChI is InChI=1S/C8H13NO4/c1-9(6-10)4-2-3-7(11)5-8(12)13/h6H,2-5H2,1H3,(H,12,13). The lowest BCUT2D eigenvalue weighted by atomic mass is 10.1. The molecule has 1 amide bonds. The third kappa shape index (κ3) is 6.99. The number of carboxylic acids is 1. The molecule has 0 fully saturated rings. The third-order valence-corrected chi connectivity index (χ3v) is 1.49. The molecular weight excluding hydrogens is 174 g/mol. The summed E-state index contributed by atoms with van der Waals surface area (Å²) in [5.41, 5.74) is 0. The lowest BCUT2D eigenvalue weighted by Crippen LogP contribution is -2.18. The number of carboxylic acid groups (broad SMARTS) is 1. The maximum absolute atomic E-state index is 10.8. The van der Waals surface area contributed by atoms with E-state index in [1.54, 1.807) is 7.05 Å². The molecular formula is C8H13NO4. The molecule has 0 spiro atoms. The van der Waals surface area contributed by atoms with Crippen molar-refractivity contribution in [3.63, 3.8) is 0 Å². The monoisotopic (exact) mass is 187 g/mol. The number of amides is 1. The quantitative estimate of drug-likeness (QED) is 0.446. The van der Waals surface area contributed by atoms with E-state index in [0.29, 0.717) is 19.4 Å². The SMILES string of the molecule is CN(C=O)CCCC(=O)CC(=O)O. The van der Waals surface area contributed by atoms with E-state index < -0.39 is 12.4 Å². The van der Waals surface area contributed by atoms with Crippen LogP contribution in [0.15, 0.2) is 0 Å². The van der Waals surface area contributed by atoms with Crippen LogP contribution in [0.1, 0.15) is 19.3 Å². The normalized spacial score (nSPS) is 9.31. The molecule has 0 aromatic heterocycles. The van der Waals surface area contributed by atoms with Gasteiger partial charge in [-0.3, -0.25) is 14.4 Å². The molecule has 0 aliphatic carbocycles. The number of rotatable bonds is 7. The van der Waals surface area contributed by atoms with Crippen LogP contribution in [-0.4, -0.2) is 41.8 Å². The Morgan fingerprint density at radius 1 is 1.46 bits per heavy atom. The molecule has 5 nitrogen and oxygen atoms in total. The predicted octanol–water partition coefficient (Wildman–Crippen LogP) is -0.101. The molecule has 0 aliphatic rings. The van der Waals surface area contributed by atoms with Gasteiger partial charge < -0.3 is 10.0 Å². The highest BCUT2D eigenvalue weighted by atomic mass is 16.4. The summed E-state index contributed by atoms with van der Waals surface area (Å²) in [7, 11) is 1.61. The largest absolute Gasteiger partial charge is 0.481 e. The van der Waals surface area contributed by atoms with E-state index in [2.05, 4.69) is 0 Å². The molecule has 74 valence electrons. The van der Waals surface area contributed by atoms with Gasteiger partial charge in [0.1, 0.15) is 12.2 Å². The summed E-state index contributed by atoms with van der Waals surface area (Å²) in [5.74, 6) is -1.40. The fourth-order valence-electron chi connectivity index (χ4n) is 0.835. The lowest BCUT2D eigenvalue weighted by molar-refractivity contribution is -0.140. The van der Waals surface area contributed by atoms with E-state index in [9.17, 15) is 14.4 Å². The van der Waals surface area contributed by atoms with E-state index in [1.807, 2.05) is 0 Å². The van der Waals surface area contributed by atoms with E-state index in [1.165, 1.54) is 4.90 Å². The molecule has 0 aromatic carbocycles. The molecule has 0 rings (SSSR count). The number of ketones is 1. The minimum Gasteiger partial charge on any atom is -0.481 e. The minimum atomic E-state index is -1.10. The maximum atomic E-state index is 10.8. The topological polar surface area (TPSA) is 74.7 Å². The Morgan fingerprint density at radius 3 is 2.54 bits per heavy atom. The average molecular weight is 187 g/mol. The Kier molecular flexibility index (Phi) is 5.50. The summed E-state index contributed by atoms with van der Waals surface area (Å²) >= 11 is 0. The number of carbonyl (C=O) groups is 3. The van der Waals surface area contributed by atoms with E-state index in [0.717, 1.165) is 0 Å². The molecule has 0 saturated carbocycles. The molecule has 1 N–H and O–H groups in total. The molecule has 0 unspecified atom stereocenters. The first-order chi connectivity index (χ1) is 6.06. The van der Waals surface area contributed by atoms with Crippen LogP contribution in [0.5, 0.6) is 0 Å². The van der Waals surface area contributed by atoms with Crippen LogP contribution in [0.4, 0.5) is 0 Å². The average Bonchev–Trinajstić information content (AvgIpc) is 2.02. The first kappa shape index (κ1) is 11.6. The van der Waals surface area contributed by atoms with Gasteiger partial charge in [-0.05, 0) is 6.42 Å². The van der Waals surface area contributed by atoms with Gasteiger partial charge in [-0.15, -0.1) is 0 Å². The van der Waals surface area contributed by atoms with Crippen molar-refractivity contribution in [3.8, 4) is 0 Å². The fraction of sp³-hybridized carbons (Fsp3) is 0.625. The van der Waals surface area contributed by atoms with E-state index >= 15 is 0 Å². The summed E-state index contributed by atoms with van der Waals surface area (Å²) in [4.78, 5) is 32.4. The van der Waals surface area contributed by atoms with E-state index in [4.69, 9.17) is 5.11 Å². The number of Topliss-reactive ketones (excluding diaryl/α,β-unsaturated/α-hetero) is 1. The smallest absolute Gasteiger partial charge is 0.310 e. The molecule has 0 radical (unpaired) electrons. The molecule has 0 bridgehead atoms. The van der Waals surface area contributed by atoms with Crippen molar-refractivity contribution in [2.75, 3.05) is 13.6 Å². The minimum absolute atomic E-state index is 0.213. The first-order valence-corrected chi connectivity index (χ1v) is 3.95. The molecule has 0 heterocycles. The van der Waals surface area contributed by atoms with Gasteiger partial charge in [-0.25, -0.2) is 0 Å². The number of hydrogen-bond donors (Lipinski definition) is 1. The van der Waals surface area contributed by atoms with E-state index in [-0.39, 0.29) is 12.2 Å². The molecule has 0 saturated heterocycles. The number of nitrogens with zero attached hydrogens (tertiary/aromatic N) is 1. The predicted molar refractivity (Wildman–Crippen MR) is 45.2 cm³/mol. The van der Waals surface area contributed by atoms with Crippen LogP contribution in [0, 0.1) is 0 Å². The molecule has 0 aliphatic heterocycles. The summed E-state index contributed by atoms with van der Waals surface area (Å²) < 4.78 is 0. The van der Waals surface area contributed by atoms with Gasteiger partial charge in [-0.2, -0.15) is 0 Å².